The molecule has 1 unspecified atom stereocenters. The molecule has 0 aliphatic rings. The minimum Gasteiger partial charge on any atom is -0.414 e. The van der Waals surface area contributed by atoms with Crippen LogP contribution in [-0.2, 0) is 10.7 Å². The zero-order chi connectivity index (χ0) is 24.0. The topological polar surface area (TPSA) is 73.3 Å². The SMILES string of the molecule is O=P(Oc1ccccc1)(Oc1ccccc1)C(Nc1ccccc1)c1ccnc(C(F)(F)F)n1. The van der Waals surface area contributed by atoms with Crippen LogP contribution in [0.4, 0.5) is 18.9 Å². The number of para-hydroxylation sites is 3. The molecule has 1 atom stereocenters. The predicted octanol–water partition coefficient (Wildman–Crippen LogP) is 6.96. The monoisotopic (exact) mass is 485 g/mol. The van der Waals surface area contributed by atoms with E-state index in [0.29, 0.717) is 5.69 Å². The minimum absolute atomic E-state index is 0.207. The first-order chi connectivity index (χ1) is 16.3. The van der Waals surface area contributed by atoms with E-state index in [1.54, 1.807) is 91.0 Å². The maximum absolute atomic E-state index is 14.4. The number of alkyl halides is 3. The summed E-state index contributed by atoms with van der Waals surface area (Å²) in [6.07, 6.45) is -3.84. The number of nitrogens with zero attached hydrogens (tertiary/aromatic N) is 2. The van der Waals surface area contributed by atoms with E-state index in [2.05, 4.69) is 15.3 Å². The Morgan fingerprint density at radius 3 is 1.76 bits per heavy atom. The van der Waals surface area contributed by atoms with Crippen LogP contribution >= 0.6 is 7.60 Å². The molecule has 4 rings (SSSR count). The predicted molar refractivity (Wildman–Crippen MR) is 122 cm³/mol. The summed E-state index contributed by atoms with van der Waals surface area (Å²) >= 11 is 0. The van der Waals surface area contributed by atoms with Crippen LogP contribution in [0.5, 0.6) is 11.5 Å². The summed E-state index contributed by atoms with van der Waals surface area (Å²) in [4.78, 5) is 6.97. The summed E-state index contributed by atoms with van der Waals surface area (Å²) < 4.78 is 66.2. The van der Waals surface area contributed by atoms with Crippen LogP contribution in [0.15, 0.2) is 103 Å². The molecule has 0 saturated carbocycles. The first kappa shape index (κ1) is 23.3. The molecular weight excluding hydrogens is 466 g/mol. The number of benzene rings is 3. The molecule has 0 bridgehead atoms. The van der Waals surface area contributed by atoms with E-state index in [1.807, 2.05) is 0 Å². The molecule has 0 aliphatic carbocycles. The van der Waals surface area contributed by atoms with Crippen molar-refractivity contribution >= 4 is 13.3 Å². The summed E-state index contributed by atoms with van der Waals surface area (Å²) in [5, 5.41) is 2.98. The van der Waals surface area contributed by atoms with Gasteiger partial charge in [0.15, 0.2) is 5.78 Å². The molecule has 0 aliphatic heterocycles. The maximum Gasteiger partial charge on any atom is 0.459 e. The molecule has 1 heterocycles. The highest BCUT2D eigenvalue weighted by molar-refractivity contribution is 7.55. The Kier molecular flexibility index (Phi) is 6.84. The van der Waals surface area contributed by atoms with Gasteiger partial charge in [-0.3, -0.25) is 0 Å². The van der Waals surface area contributed by atoms with E-state index in [-0.39, 0.29) is 17.2 Å². The fraction of sp³-hybridized carbons (Fsp3) is 0.0833. The van der Waals surface area contributed by atoms with Gasteiger partial charge in [0.25, 0.3) is 0 Å². The molecule has 1 N–H and O–H groups in total. The van der Waals surface area contributed by atoms with E-state index in [4.69, 9.17) is 9.05 Å². The first-order valence-electron chi connectivity index (χ1n) is 10.1. The lowest BCUT2D eigenvalue weighted by molar-refractivity contribution is -0.145. The van der Waals surface area contributed by atoms with Crippen LogP contribution in [0.1, 0.15) is 17.3 Å². The highest BCUT2D eigenvalue weighted by Crippen LogP contribution is 2.59. The molecule has 34 heavy (non-hydrogen) atoms. The highest BCUT2D eigenvalue weighted by Gasteiger charge is 2.44. The summed E-state index contributed by atoms with van der Waals surface area (Å²) in [6.45, 7) is 0. The molecule has 0 fully saturated rings. The Labute approximate surface area is 194 Å². The van der Waals surface area contributed by atoms with Crippen molar-refractivity contribution in [3.05, 3.63) is 115 Å². The quantitative estimate of drug-likeness (QED) is 0.272. The van der Waals surface area contributed by atoms with Crippen molar-refractivity contribution in [2.45, 2.75) is 12.0 Å². The van der Waals surface area contributed by atoms with Gasteiger partial charge in [0.1, 0.15) is 11.5 Å². The standard InChI is InChI=1S/C24H19F3N3O3P/c25-24(26,27)23-28-17-16-21(30-23)22(29-18-10-4-1-5-11-18)34(31,32-19-12-6-2-7-13-19)33-20-14-8-3-9-15-20/h1-17,22,29H. The molecule has 0 saturated heterocycles. The van der Waals surface area contributed by atoms with Crippen molar-refractivity contribution < 1.29 is 26.8 Å². The molecule has 3 aromatic carbocycles. The van der Waals surface area contributed by atoms with Crippen molar-refractivity contribution in [3.8, 4) is 11.5 Å². The largest absolute Gasteiger partial charge is 0.459 e. The van der Waals surface area contributed by atoms with E-state index >= 15 is 0 Å². The second-order valence-electron chi connectivity index (χ2n) is 7.06. The fourth-order valence-electron chi connectivity index (χ4n) is 3.05. The van der Waals surface area contributed by atoms with Gasteiger partial charge in [-0.1, -0.05) is 54.6 Å². The molecule has 0 spiro atoms. The summed E-state index contributed by atoms with van der Waals surface area (Å²) in [5.41, 5.74) is 0.273. The second-order valence-corrected chi connectivity index (χ2v) is 9.03. The summed E-state index contributed by atoms with van der Waals surface area (Å²) in [7, 11) is -4.30. The number of aromatic nitrogens is 2. The smallest absolute Gasteiger partial charge is 0.414 e. The van der Waals surface area contributed by atoms with Crippen LogP contribution < -0.4 is 14.4 Å². The Morgan fingerprint density at radius 1 is 0.765 bits per heavy atom. The van der Waals surface area contributed by atoms with Gasteiger partial charge in [0.2, 0.25) is 5.82 Å². The van der Waals surface area contributed by atoms with Crippen molar-refractivity contribution in [2.24, 2.45) is 0 Å². The van der Waals surface area contributed by atoms with E-state index in [9.17, 15) is 17.7 Å². The molecule has 6 nitrogen and oxygen atoms in total. The molecule has 4 aromatic rings. The zero-order valence-corrected chi connectivity index (χ0v) is 18.5. The van der Waals surface area contributed by atoms with Gasteiger partial charge in [0, 0.05) is 11.9 Å². The van der Waals surface area contributed by atoms with Gasteiger partial charge in [-0.05, 0) is 42.5 Å². The molecule has 10 heteroatoms. The second kappa shape index (κ2) is 9.97. The lowest BCUT2D eigenvalue weighted by atomic mass is 10.3. The van der Waals surface area contributed by atoms with Crippen LogP contribution in [0.25, 0.3) is 0 Å². The van der Waals surface area contributed by atoms with Crippen molar-refractivity contribution in [2.75, 3.05) is 5.32 Å². The average molecular weight is 485 g/mol. The normalized spacial score (nSPS) is 12.6. The zero-order valence-electron chi connectivity index (χ0n) is 17.6. The molecule has 1 aromatic heterocycles. The van der Waals surface area contributed by atoms with Gasteiger partial charge in [0.05, 0.1) is 5.69 Å². The lowest BCUT2D eigenvalue weighted by Gasteiger charge is -2.28. The Morgan fingerprint density at radius 2 is 1.26 bits per heavy atom. The number of hydrogen-bond donors (Lipinski definition) is 1. The van der Waals surface area contributed by atoms with Gasteiger partial charge in [-0.2, -0.15) is 13.2 Å². The van der Waals surface area contributed by atoms with E-state index in [0.717, 1.165) is 6.20 Å². The molecule has 174 valence electrons. The van der Waals surface area contributed by atoms with Gasteiger partial charge in [-0.25, -0.2) is 14.5 Å². The van der Waals surface area contributed by atoms with Gasteiger partial charge >= 0.3 is 13.8 Å². The molecule has 0 radical (unpaired) electrons. The highest BCUT2D eigenvalue weighted by atomic mass is 31.2. The van der Waals surface area contributed by atoms with Crippen LogP contribution in [0, 0.1) is 0 Å². The first-order valence-corrected chi connectivity index (χ1v) is 11.8. The number of rotatable bonds is 8. The molecular formula is C24H19F3N3O3P. The number of halogens is 3. The number of nitrogens with one attached hydrogen (secondary N) is 1. The third-order valence-electron chi connectivity index (χ3n) is 4.56. The summed E-state index contributed by atoms with van der Waals surface area (Å²) in [6, 6.07) is 26.3. The number of anilines is 1. The lowest BCUT2D eigenvalue weighted by Crippen LogP contribution is -2.21. The number of hydrogen-bond acceptors (Lipinski definition) is 6. The summed E-state index contributed by atoms with van der Waals surface area (Å²) in [5.74, 6) is -2.34. The third kappa shape index (κ3) is 5.74. The van der Waals surface area contributed by atoms with Crippen molar-refractivity contribution in [1.29, 1.82) is 0 Å². The van der Waals surface area contributed by atoms with Gasteiger partial charge < -0.3 is 14.4 Å². The van der Waals surface area contributed by atoms with Crippen molar-refractivity contribution in [3.63, 3.8) is 0 Å². The Hall–Kier alpha value is -3.84. The van der Waals surface area contributed by atoms with Crippen LogP contribution in [0.3, 0.4) is 0 Å². The minimum atomic E-state index is -4.79. The van der Waals surface area contributed by atoms with E-state index < -0.39 is 25.4 Å². The maximum atomic E-state index is 14.4. The molecule has 0 amide bonds. The average Bonchev–Trinajstić information content (AvgIpc) is 2.84. The van der Waals surface area contributed by atoms with E-state index in [1.165, 1.54) is 6.07 Å². The van der Waals surface area contributed by atoms with Crippen LogP contribution in [-0.4, -0.2) is 9.97 Å². The third-order valence-corrected chi connectivity index (χ3v) is 6.51. The van der Waals surface area contributed by atoms with Gasteiger partial charge in [-0.15, -0.1) is 0 Å². The Bertz CT molecular complexity index is 1210. The van der Waals surface area contributed by atoms with Crippen molar-refractivity contribution in [1.82, 2.24) is 9.97 Å². The van der Waals surface area contributed by atoms with Crippen LogP contribution in [0.2, 0.25) is 0 Å². The Balaban J connectivity index is 1.84. The fourth-order valence-corrected chi connectivity index (χ4v) is 4.90.